The maximum absolute atomic E-state index is 12.5. The van der Waals surface area contributed by atoms with E-state index in [-0.39, 0.29) is 5.91 Å². The number of pyridine rings is 1. The van der Waals surface area contributed by atoms with E-state index >= 15 is 0 Å². The summed E-state index contributed by atoms with van der Waals surface area (Å²) >= 11 is 0. The Morgan fingerprint density at radius 1 is 1.38 bits per heavy atom. The Balaban J connectivity index is 1.86. The standard InChI is InChI=1S/C17H27N3O/c18-10-4-12-20(14-16-7-3-11-19-13-16)17(21)9-8-15-5-1-2-6-15/h3,7,11,13,15H,1-2,4-6,8-10,12,14,18H2. The number of aromatic nitrogens is 1. The van der Waals surface area contributed by atoms with Crippen LogP contribution in [0.25, 0.3) is 0 Å². The van der Waals surface area contributed by atoms with Gasteiger partial charge in [-0.3, -0.25) is 9.78 Å². The summed E-state index contributed by atoms with van der Waals surface area (Å²) in [7, 11) is 0. The van der Waals surface area contributed by atoms with Gasteiger partial charge in [0.05, 0.1) is 0 Å². The number of nitrogens with zero attached hydrogens (tertiary/aromatic N) is 2. The van der Waals surface area contributed by atoms with Crippen molar-refractivity contribution in [3.8, 4) is 0 Å². The van der Waals surface area contributed by atoms with Gasteiger partial charge < -0.3 is 10.6 Å². The molecule has 0 radical (unpaired) electrons. The van der Waals surface area contributed by atoms with Crippen molar-refractivity contribution in [3.63, 3.8) is 0 Å². The molecule has 21 heavy (non-hydrogen) atoms. The minimum absolute atomic E-state index is 0.263. The molecule has 0 saturated heterocycles. The van der Waals surface area contributed by atoms with Crippen LogP contribution in [-0.2, 0) is 11.3 Å². The zero-order valence-electron chi connectivity index (χ0n) is 12.8. The number of hydrogen-bond donors (Lipinski definition) is 1. The van der Waals surface area contributed by atoms with E-state index < -0.39 is 0 Å². The predicted octanol–water partition coefficient (Wildman–Crippen LogP) is 2.73. The van der Waals surface area contributed by atoms with Crippen LogP contribution in [0.3, 0.4) is 0 Å². The number of carbonyl (C=O) groups excluding carboxylic acids is 1. The summed E-state index contributed by atoms with van der Waals surface area (Å²) in [4.78, 5) is 18.5. The van der Waals surface area contributed by atoms with E-state index in [2.05, 4.69) is 4.98 Å². The van der Waals surface area contributed by atoms with E-state index in [1.807, 2.05) is 23.2 Å². The summed E-state index contributed by atoms with van der Waals surface area (Å²) in [6.45, 7) is 2.02. The summed E-state index contributed by atoms with van der Waals surface area (Å²) in [5, 5.41) is 0. The maximum atomic E-state index is 12.5. The zero-order valence-corrected chi connectivity index (χ0v) is 12.8. The third-order valence-electron chi connectivity index (χ3n) is 4.32. The molecule has 1 saturated carbocycles. The summed E-state index contributed by atoms with van der Waals surface area (Å²) in [6, 6.07) is 3.94. The molecule has 1 aromatic heterocycles. The van der Waals surface area contributed by atoms with Gasteiger partial charge >= 0.3 is 0 Å². The highest BCUT2D eigenvalue weighted by atomic mass is 16.2. The lowest BCUT2D eigenvalue weighted by atomic mass is 10.0. The fourth-order valence-corrected chi connectivity index (χ4v) is 3.07. The molecular formula is C17H27N3O. The number of carbonyl (C=O) groups is 1. The number of rotatable bonds is 8. The lowest BCUT2D eigenvalue weighted by molar-refractivity contribution is -0.132. The molecule has 4 nitrogen and oxygen atoms in total. The Morgan fingerprint density at radius 3 is 2.86 bits per heavy atom. The van der Waals surface area contributed by atoms with Crippen molar-refractivity contribution in [2.24, 2.45) is 11.7 Å². The van der Waals surface area contributed by atoms with Crippen molar-refractivity contribution in [2.75, 3.05) is 13.1 Å². The van der Waals surface area contributed by atoms with E-state index in [1.54, 1.807) is 6.20 Å². The van der Waals surface area contributed by atoms with Gasteiger partial charge in [0, 0.05) is 31.9 Å². The van der Waals surface area contributed by atoms with E-state index in [4.69, 9.17) is 5.73 Å². The Morgan fingerprint density at radius 2 is 2.19 bits per heavy atom. The fraction of sp³-hybridized carbons (Fsp3) is 0.647. The van der Waals surface area contributed by atoms with Gasteiger partial charge in [-0.15, -0.1) is 0 Å². The first-order valence-electron chi connectivity index (χ1n) is 8.16. The largest absolute Gasteiger partial charge is 0.338 e. The first-order valence-corrected chi connectivity index (χ1v) is 8.16. The molecule has 2 rings (SSSR count). The van der Waals surface area contributed by atoms with Crippen LogP contribution in [0, 0.1) is 5.92 Å². The molecule has 1 aliphatic rings. The van der Waals surface area contributed by atoms with Gasteiger partial charge in [0.25, 0.3) is 0 Å². The Labute approximate surface area is 127 Å². The number of amides is 1. The normalized spacial score (nSPS) is 15.3. The van der Waals surface area contributed by atoms with Crippen LogP contribution in [-0.4, -0.2) is 28.9 Å². The lowest BCUT2D eigenvalue weighted by Crippen LogP contribution is -2.32. The van der Waals surface area contributed by atoms with E-state index in [1.165, 1.54) is 25.7 Å². The molecule has 0 aliphatic heterocycles. The van der Waals surface area contributed by atoms with Gasteiger partial charge in [-0.2, -0.15) is 0 Å². The van der Waals surface area contributed by atoms with Crippen molar-refractivity contribution in [2.45, 2.75) is 51.5 Å². The second-order valence-corrected chi connectivity index (χ2v) is 6.01. The lowest BCUT2D eigenvalue weighted by Gasteiger charge is -2.23. The van der Waals surface area contributed by atoms with Gasteiger partial charge in [-0.25, -0.2) is 0 Å². The van der Waals surface area contributed by atoms with Crippen molar-refractivity contribution in [3.05, 3.63) is 30.1 Å². The molecule has 1 amide bonds. The highest BCUT2D eigenvalue weighted by Gasteiger charge is 2.19. The van der Waals surface area contributed by atoms with Crippen molar-refractivity contribution >= 4 is 5.91 Å². The molecule has 2 N–H and O–H groups in total. The van der Waals surface area contributed by atoms with Gasteiger partial charge in [0.2, 0.25) is 5.91 Å². The molecule has 0 unspecified atom stereocenters. The second kappa shape index (κ2) is 8.78. The van der Waals surface area contributed by atoms with Crippen LogP contribution in [0.5, 0.6) is 0 Å². The van der Waals surface area contributed by atoms with E-state index in [0.717, 1.165) is 30.9 Å². The average molecular weight is 289 g/mol. The first-order chi connectivity index (χ1) is 10.3. The van der Waals surface area contributed by atoms with Gasteiger partial charge in [0.15, 0.2) is 0 Å². The van der Waals surface area contributed by atoms with Crippen LogP contribution >= 0.6 is 0 Å². The quantitative estimate of drug-likeness (QED) is 0.800. The van der Waals surface area contributed by atoms with Crippen LogP contribution in [0.15, 0.2) is 24.5 Å². The highest BCUT2D eigenvalue weighted by molar-refractivity contribution is 5.76. The summed E-state index contributed by atoms with van der Waals surface area (Å²) in [5.41, 5.74) is 6.68. The van der Waals surface area contributed by atoms with Gasteiger partial charge in [0.1, 0.15) is 0 Å². The molecule has 0 aromatic carbocycles. The Kier molecular flexibility index (Phi) is 6.67. The molecular weight excluding hydrogens is 262 g/mol. The van der Waals surface area contributed by atoms with Gasteiger partial charge in [-0.05, 0) is 36.9 Å². The molecule has 1 aromatic rings. The molecule has 1 aliphatic carbocycles. The predicted molar refractivity (Wildman–Crippen MR) is 84.5 cm³/mol. The number of hydrogen-bond acceptors (Lipinski definition) is 3. The zero-order chi connectivity index (χ0) is 14.9. The topological polar surface area (TPSA) is 59.2 Å². The van der Waals surface area contributed by atoms with Crippen molar-refractivity contribution in [1.82, 2.24) is 9.88 Å². The highest BCUT2D eigenvalue weighted by Crippen LogP contribution is 2.28. The van der Waals surface area contributed by atoms with Crippen LogP contribution in [0.4, 0.5) is 0 Å². The fourth-order valence-electron chi connectivity index (χ4n) is 3.07. The molecule has 0 atom stereocenters. The van der Waals surface area contributed by atoms with Gasteiger partial charge in [-0.1, -0.05) is 31.7 Å². The molecule has 0 bridgehead atoms. The molecule has 1 heterocycles. The summed E-state index contributed by atoms with van der Waals surface area (Å²) in [5.74, 6) is 1.03. The number of nitrogens with two attached hydrogens (primary N) is 1. The maximum Gasteiger partial charge on any atom is 0.222 e. The molecule has 116 valence electrons. The monoisotopic (exact) mass is 289 g/mol. The van der Waals surface area contributed by atoms with E-state index in [9.17, 15) is 4.79 Å². The second-order valence-electron chi connectivity index (χ2n) is 6.01. The Hall–Kier alpha value is -1.42. The van der Waals surface area contributed by atoms with Crippen LogP contribution < -0.4 is 5.73 Å². The SMILES string of the molecule is NCCCN(Cc1cccnc1)C(=O)CCC1CCCC1. The van der Waals surface area contributed by atoms with Crippen molar-refractivity contribution < 1.29 is 4.79 Å². The summed E-state index contributed by atoms with van der Waals surface area (Å²) < 4.78 is 0. The molecule has 1 fully saturated rings. The first kappa shape index (κ1) is 16.0. The minimum atomic E-state index is 0.263. The third kappa shape index (κ3) is 5.46. The molecule has 4 heteroatoms. The van der Waals surface area contributed by atoms with Crippen LogP contribution in [0.1, 0.15) is 50.5 Å². The third-order valence-corrected chi connectivity index (χ3v) is 4.32. The minimum Gasteiger partial charge on any atom is -0.338 e. The smallest absolute Gasteiger partial charge is 0.222 e. The van der Waals surface area contributed by atoms with E-state index in [0.29, 0.717) is 19.5 Å². The van der Waals surface area contributed by atoms with Crippen LogP contribution in [0.2, 0.25) is 0 Å². The molecule has 0 spiro atoms. The average Bonchev–Trinajstić information content (AvgIpc) is 3.03. The Bertz CT molecular complexity index is 415. The summed E-state index contributed by atoms with van der Waals surface area (Å²) in [6.07, 6.45) is 11.5. The van der Waals surface area contributed by atoms with Crippen molar-refractivity contribution in [1.29, 1.82) is 0 Å².